The van der Waals surface area contributed by atoms with E-state index in [-0.39, 0.29) is 5.02 Å². The number of rotatable bonds is 6. The smallest absolute Gasteiger partial charge is 0.307 e. The molecule has 1 aromatic rings. The summed E-state index contributed by atoms with van der Waals surface area (Å²) in [5.41, 5.74) is -0.723. The molecule has 0 amide bonds. The summed E-state index contributed by atoms with van der Waals surface area (Å²) in [6, 6.07) is 2.04. The van der Waals surface area contributed by atoms with Crippen LogP contribution in [0.3, 0.4) is 0 Å². The van der Waals surface area contributed by atoms with Crippen LogP contribution >= 0.6 is 23.2 Å². The normalized spacial score (nSPS) is 13.2. The molecular weight excluding hydrogens is 335 g/mol. The van der Waals surface area contributed by atoms with E-state index in [1.165, 1.54) is 0 Å². The number of nitro groups is 1. The van der Waals surface area contributed by atoms with Crippen molar-refractivity contribution >= 4 is 38.9 Å². The Balaban J connectivity index is 3.20. The highest BCUT2D eigenvalue weighted by atomic mass is 35.5. The molecule has 0 aliphatic rings. The summed E-state index contributed by atoms with van der Waals surface area (Å²) in [5, 5.41) is 27.5. The first-order valence-electron chi connectivity index (χ1n) is 5.11. The van der Waals surface area contributed by atoms with Crippen LogP contribution in [0.2, 0.25) is 10.0 Å². The van der Waals surface area contributed by atoms with Crippen LogP contribution in [0.25, 0.3) is 0 Å². The third kappa shape index (κ3) is 3.78. The standard InChI is InChI=1S/C9H10Cl2N2O6S/c10-6-1-2-7(8(11)9(6)13(16)17)20(18,19)12-3-5(15)4-14/h1-2,5,12,14-15H,3-4H2. The van der Waals surface area contributed by atoms with Crippen molar-refractivity contribution in [2.45, 2.75) is 11.0 Å². The van der Waals surface area contributed by atoms with E-state index in [0.29, 0.717) is 0 Å². The second-order valence-corrected chi connectivity index (χ2v) is 6.17. The molecule has 0 saturated carbocycles. The number of sulfonamides is 1. The number of hydrogen-bond donors (Lipinski definition) is 3. The fourth-order valence-electron chi connectivity index (χ4n) is 1.25. The Hall–Kier alpha value is -0.970. The van der Waals surface area contributed by atoms with Crippen LogP contribution in [0, 0.1) is 10.1 Å². The minimum atomic E-state index is -4.19. The van der Waals surface area contributed by atoms with Crippen molar-refractivity contribution in [3.8, 4) is 0 Å². The summed E-state index contributed by atoms with van der Waals surface area (Å²) < 4.78 is 25.8. The molecule has 11 heteroatoms. The van der Waals surface area contributed by atoms with Gasteiger partial charge in [0.1, 0.15) is 14.9 Å². The molecule has 0 bridgehead atoms. The molecule has 0 aliphatic carbocycles. The summed E-state index contributed by atoms with van der Waals surface area (Å²) in [5.74, 6) is 0. The van der Waals surface area contributed by atoms with Crippen molar-refractivity contribution in [3.63, 3.8) is 0 Å². The molecule has 20 heavy (non-hydrogen) atoms. The maximum absolute atomic E-state index is 11.9. The lowest BCUT2D eigenvalue weighted by Crippen LogP contribution is -2.34. The largest absolute Gasteiger partial charge is 0.394 e. The van der Waals surface area contributed by atoms with Gasteiger partial charge in [-0.2, -0.15) is 0 Å². The molecule has 0 spiro atoms. The first kappa shape index (κ1) is 17.1. The highest BCUT2D eigenvalue weighted by Crippen LogP contribution is 2.36. The lowest BCUT2D eigenvalue weighted by Gasteiger charge is -2.11. The number of nitrogens with one attached hydrogen (secondary N) is 1. The molecule has 0 aliphatic heterocycles. The van der Waals surface area contributed by atoms with E-state index in [1.54, 1.807) is 0 Å². The summed E-state index contributed by atoms with van der Waals surface area (Å²) in [7, 11) is -4.19. The molecule has 8 nitrogen and oxygen atoms in total. The fourth-order valence-corrected chi connectivity index (χ4v) is 3.21. The Morgan fingerprint density at radius 2 is 2.00 bits per heavy atom. The molecule has 1 aromatic carbocycles. The van der Waals surface area contributed by atoms with Crippen LogP contribution in [0.15, 0.2) is 17.0 Å². The van der Waals surface area contributed by atoms with E-state index in [9.17, 15) is 18.5 Å². The van der Waals surface area contributed by atoms with E-state index in [2.05, 4.69) is 0 Å². The molecule has 3 N–H and O–H groups in total. The zero-order chi connectivity index (χ0) is 15.5. The van der Waals surface area contributed by atoms with Gasteiger partial charge in [-0.3, -0.25) is 10.1 Å². The highest BCUT2D eigenvalue weighted by Gasteiger charge is 2.27. The van der Waals surface area contributed by atoms with Gasteiger partial charge in [0, 0.05) is 6.54 Å². The van der Waals surface area contributed by atoms with Crippen LogP contribution in [0.1, 0.15) is 0 Å². The van der Waals surface area contributed by atoms with Gasteiger partial charge in [-0.25, -0.2) is 13.1 Å². The molecule has 1 unspecified atom stereocenters. The van der Waals surface area contributed by atoms with Crippen LogP contribution in [-0.4, -0.2) is 42.8 Å². The van der Waals surface area contributed by atoms with Crippen LogP contribution in [-0.2, 0) is 10.0 Å². The first-order chi connectivity index (χ1) is 9.20. The Kier molecular flexibility index (Phi) is 5.68. The molecule has 1 rings (SSSR count). The Morgan fingerprint density at radius 3 is 2.50 bits per heavy atom. The molecule has 0 saturated heterocycles. The zero-order valence-electron chi connectivity index (χ0n) is 9.79. The summed E-state index contributed by atoms with van der Waals surface area (Å²) in [6.07, 6.45) is -1.30. The van der Waals surface area contributed by atoms with Crippen molar-refractivity contribution in [1.29, 1.82) is 0 Å². The second kappa shape index (κ2) is 6.66. The maximum atomic E-state index is 11.9. The zero-order valence-corrected chi connectivity index (χ0v) is 12.1. The lowest BCUT2D eigenvalue weighted by molar-refractivity contribution is -0.384. The number of aliphatic hydroxyl groups excluding tert-OH is 2. The van der Waals surface area contributed by atoms with Gasteiger partial charge in [0.15, 0.2) is 0 Å². The molecule has 0 aromatic heterocycles. The summed E-state index contributed by atoms with van der Waals surface area (Å²) in [4.78, 5) is 9.34. The third-order valence-corrected chi connectivity index (χ3v) is 4.49. The molecule has 0 heterocycles. The van der Waals surface area contributed by atoms with Gasteiger partial charge in [0.2, 0.25) is 10.0 Å². The van der Waals surface area contributed by atoms with Crippen molar-refractivity contribution < 1.29 is 23.6 Å². The van der Waals surface area contributed by atoms with Gasteiger partial charge in [0.25, 0.3) is 0 Å². The lowest BCUT2D eigenvalue weighted by atomic mass is 10.3. The average molecular weight is 345 g/mol. The molecule has 0 radical (unpaired) electrons. The minimum Gasteiger partial charge on any atom is -0.394 e. The maximum Gasteiger partial charge on any atom is 0.307 e. The van der Waals surface area contributed by atoms with Crippen molar-refractivity contribution in [2.75, 3.05) is 13.2 Å². The van der Waals surface area contributed by atoms with Crippen molar-refractivity contribution in [3.05, 3.63) is 32.3 Å². The van der Waals surface area contributed by atoms with E-state index < -0.39 is 49.8 Å². The first-order valence-corrected chi connectivity index (χ1v) is 7.35. The van der Waals surface area contributed by atoms with Gasteiger partial charge in [-0.15, -0.1) is 0 Å². The summed E-state index contributed by atoms with van der Waals surface area (Å²) in [6.45, 7) is -1.11. The summed E-state index contributed by atoms with van der Waals surface area (Å²) >= 11 is 11.3. The number of hydrogen-bond acceptors (Lipinski definition) is 6. The fraction of sp³-hybridized carbons (Fsp3) is 0.333. The number of aliphatic hydroxyl groups is 2. The van der Waals surface area contributed by atoms with Gasteiger partial charge in [-0.05, 0) is 12.1 Å². The van der Waals surface area contributed by atoms with Gasteiger partial charge < -0.3 is 10.2 Å². The van der Waals surface area contributed by atoms with Crippen LogP contribution in [0.5, 0.6) is 0 Å². The SMILES string of the molecule is O=[N+]([O-])c1c(Cl)ccc(S(=O)(=O)NCC(O)CO)c1Cl. The third-order valence-electron chi connectivity index (χ3n) is 2.22. The van der Waals surface area contributed by atoms with E-state index in [0.717, 1.165) is 12.1 Å². The van der Waals surface area contributed by atoms with Crippen LogP contribution in [0.4, 0.5) is 5.69 Å². The number of halogens is 2. The molecule has 112 valence electrons. The quantitative estimate of drug-likeness (QED) is 0.509. The van der Waals surface area contributed by atoms with E-state index in [4.69, 9.17) is 33.4 Å². The average Bonchev–Trinajstić information content (AvgIpc) is 2.35. The predicted molar refractivity (Wildman–Crippen MR) is 71.4 cm³/mol. The topological polar surface area (TPSA) is 130 Å². The van der Waals surface area contributed by atoms with Crippen molar-refractivity contribution in [1.82, 2.24) is 4.72 Å². The number of benzene rings is 1. The Bertz CT molecular complexity index is 621. The van der Waals surface area contributed by atoms with Gasteiger partial charge in [0.05, 0.1) is 17.6 Å². The number of nitro benzene ring substituents is 1. The van der Waals surface area contributed by atoms with Crippen molar-refractivity contribution in [2.24, 2.45) is 0 Å². The van der Waals surface area contributed by atoms with E-state index in [1.807, 2.05) is 4.72 Å². The predicted octanol–water partition coefficient (Wildman–Crippen LogP) is 0.533. The molecule has 1 atom stereocenters. The van der Waals surface area contributed by atoms with E-state index >= 15 is 0 Å². The van der Waals surface area contributed by atoms with Gasteiger partial charge in [-0.1, -0.05) is 23.2 Å². The Labute approximate surface area is 124 Å². The molecule has 0 fully saturated rings. The minimum absolute atomic E-state index is 0.297. The number of nitrogens with zero attached hydrogens (tertiary/aromatic N) is 1. The highest BCUT2D eigenvalue weighted by molar-refractivity contribution is 7.89. The monoisotopic (exact) mass is 344 g/mol. The molecular formula is C9H10Cl2N2O6S. The second-order valence-electron chi connectivity index (χ2n) is 3.65. The van der Waals surface area contributed by atoms with Gasteiger partial charge >= 0.3 is 5.69 Å². The Morgan fingerprint density at radius 1 is 1.40 bits per heavy atom. The van der Waals surface area contributed by atoms with Crippen LogP contribution < -0.4 is 4.72 Å².